The molecule has 0 aliphatic rings. The number of aromatic amines is 1. The number of hydrogen-bond acceptors (Lipinski definition) is 2. The SMILES string of the molecule is O=C(Nc1ccc2[nH]c(=O)cc(C(F)(F)F)c2c1)c1ccccc1. The Bertz CT molecular complexity index is 963. The number of pyridine rings is 1. The van der Waals surface area contributed by atoms with Crippen LogP contribution in [0.3, 0.4) is 0 Å². The van der Waals surface area contributed by atoms with Gasteiger partial charge < -0.3 is 10.3 Å². The fourth-order valence-corrected chi connectivity index (χ4v) is 2.36. The van der Waals surface area contributed by atoms with Crippen LogP contribution in [0, 0.1) is 0 Å². The highest BCUT2D eigenvalue weighted by Crippen LogP contribution is 2.34. The van der Waals surface area contributed by atoms with E-state index in [1.807, 2.05) is 0 Å². The maximum absolute atomic E-state index is 13.1. The molecule has 3 aromatic rings. The van der Waals surface area contributed by atoms with E-state index in [4.69, 9.17) is 0 Å². The maximum atomic E-state index is 13.1. The fourth-order valence-electron chi connectivity index (χ4n) is 2.36. The third-order valence-electron chi connectivity index (χ3n) is 3.44. The summed E-state index contributed by atoms with van der Waals surface area (Å²) in [5, 5.41) is 2.36. The molecule has 24 heavy (non-hydrogen) atoms. The predicted octanol–water partition coefficient (Wildman–Crippen LogP) is 3.80. The van der Waals surface area contributed by atoms with Crippen LogP contribution in [0.4, 0.5) is 18.9 Å². The van der Waals surface area contributed by atoms with Crippen LogP contribution >= 0.6 is 0 Å². The molecular weight excluding hydrogens is 321 g/mol. The topological polar surface area (TPSA) is 62.0 Å². The number of aromatic nitrogens is 1. The number of amides is 1. The Morgan fingerprint density at radius 3 is 2.38 bits per heavy atom. The number of hydrogen-bond donors (Lipinski definition) is 2. The number of carbonyl (C=O) groups is 1. The standard InChI is InChI=1S/C17H11F3N2O2/c18-17(19,20)13-9-15(23)22-14-7-6-11(8-12(13)14)21-16(24)10-4-2-1-3-5-10/h1-9H,(H,21,24)(H,22,23). The smallest absolute Gasteiger partial charge is 0.322 e. The highest BCUT2D eigenvalue weighted by molar-refractivity contribution is 6.05. The zero-order valence-electron chi connectivity index (χ0n) is 12.1. The molecular formula is C17H11F3N2O2. The average molecular weight is 332 g/mol. The molecule has 3 rings (SSSR count). The molecule has 0 saturated heterocycles. The molecule has 1 aromatic heterocycles. The summed E-state index contributed by atoms with van der Waals surface area (Å²) in [4.78, 5) is 25.8. The third-order valence-corrected chi connectivity index (χ3v) is 3.44. The summed E-state index contributed by atoms with van der Waals surface area (Å²) in [6, 6.07) is 12.7. The minimum Gasteiger partial charge on any atom is -0.322 e. The lowest BCUT2D eigenvalue weighted by Gasteiger charge is -2.12. The van der Waals surface area contributed by atoms with Crippen LogP contribution < -0.4 is 10.9 Å². The lowest BCUT2D eigenvalue weighted by atomic mass is 10.1. The Balaban J connectivity index is 2.04. The van der Waals surface area contributed by atoms with Crippen molar-refractivity contribution in [3.63, 3.8) is 0 Å². The van der Waals surface area contributed by atoms with Crippen LogP contribution in [0.15, 0.2) is 59.4 Å². The highest BCUT2D eigenvalue weighted by Gasteiger charge is 2.33. The Hall–Kier alpha value is -3.09. The van der Waals surface area contributed by atoms with E-state index < -0.39 is 23.2 Å². The van der Waals surface area contributed by atoms with Gasteiger partial charge in [-0.05, 0) is 30.3 Å². The zero-order valence-corrected chi connectivity index (χ0v) is 12.1. The largest absolute Gasteiger partial charge is 0.417 e. The van der Waals surface area contributed by atoms with Crippen LogP contribution in [0.1, 0.15) is 15.9 Å². The summed E-state index contributed by atoms with van der Waals surface area (Å²) >= 11 is 0. The number of carbonyl (C=O) groups excluding carboxylic acids is 1. The Labute approximate surface area is 133 Å². The Morgan fingerprint density at radius 1 is 1.00 bits per heavy atom. The predicted molar refractivity (Wildman–Crippen MR) is 84.0 cm³/mol. The van der Waals surface area contributed by atoms with Gasteiger partial charge in [-0.3, -0.25) is 9.59 Å². The van der Waals surface area contributed by atoms with Gasteiger partial charge in [-0.25, -0.2) is 0 Å². The number of alkyl halides is 3. The van der Waals surface area contributed by atoms with Gasteiger partial charge in [0.15, 0.2) is 0 Å². The van der Waals surface area contributed by atoms with Crippen LogP contribution in [0.2, 0.25) is 0 Å². The van der Waals surface area contributed by atoms with E-state index in [2.05, 4.69) is 10.3 Å². The van der Waals surface area contributed by atoms with Gasteiger partial charge in [-0.15, -0.1) is 0 Å². The van der Waals surface area contributed by atoms with Crippen LogP contribution in [0.25, 0.3) is 10.9 Å². The second-order valence-electron chi connectivity index (χ2n) is 5.13. The Kier molecular flexibility index (Phi) is 3.84. The van der Waals surface area contributed by atoms with Crippen molar-refractivity contribution >= 4 is 22.5 Å². The van der Waals surface area contributed by atoms with E-state index in [-0.39, 0.29) is 16.6 Å². The first-order chi connectivity index (χ1) is 11.3. The molecule has 1 heterocycles. The first-order valence-corrected chi connectivity index (χ1v) is 6.95. The fraction of sp³-hybridized carbons (Fsp3) is 0.0588. The molecule has 122 valence electrons. The van der Waals surface area contributed by atoms with E-state index in [1.54, 1.807) is 30.3 Å². The minimum absolute atomic E-state index is 0.0486. The molecule has 2 aromatic carbocycles. The lowest BCUT2D eigenvalue weighted by Crippen LogP contribution is -2.15. The van der Waals surface area contributed by atoms with E-state index in [9.17, 15) is 22.8 Å². The van der Waals surface area contributed by atoms with Crippen molar-refractivity contribution in [2.75, 3.05) is 5.32 Å². The van der Waals surface area contributed by atoms with Crippen LogP contribution in [-0.2, 0) is 6.18 Å². The summed E-state index contributed by atoms with van der Waals surface area (Å²) in [6.07, 6.45) is -4.67. The van der Waals surface area contributed by atoms with Crippen molar-refractivity contribution in [2.24, 2.45) is 0 Å². The molecule has 0 radical (unpaired) electrons. The molecule has 2 N–H and O–H groups in total. The molecule has 0 atom stereocenters. The van der Waals surface area contributed by atoms with Crippen molar-refractivity contribution in [1.82, 2.24) is 4.98 Å². The van der Waals surface area contributed by atoms with Gasteiger partial charge in [0.1, 0.15) is 0 Å². The summed E-state index contributed by atoms with van der Waals surface area (Å²) < 4.78 is 39.4. The number of nitrogens with one attached hydrogen (secondary N) is 2. The van der Waals surface area contributed by atoms with Gasteiger partial charge in [-0.1, -0.05) is 18.2 Å². The summed E-state index contributed by atoms with van der Waals surface area (Å²) in [5.41, 5.74) is -1.25. The highest BCUT2D eigenvalue weighted by atomic mass is 19.4. The zero-order chi connectivity index (χ0) is 17.3. The number of fused-ring (bicyclic) bond motifs is 1. The van der Waals surface area contributed by atoms with E-state index in [0.717, 1.165) is 0 Å². The van der Waals surface area contributed by atoms with Crippen molar-refractivity contribution in [3.05, 3.63) is 76.1 Å². The van der Waals surface area contributed by atoms with Crippen molar-refractivity contribution < 1.29 is 18.0 Å². The molecule has 0 aliphatic heterocycles. The molecule has 4 nitrogen and oxygen atoms in total. The van der Waals surface area contributed by atoms with Gasteiger partial charge in [0.2, 0.25) is 5.56 Å². The first-order valence-electron chi connectivity index (χ1n) is 6.95. The summed E-state index contributed by atoms with van der Waals surface area (Å²) in [7, 11) is 0. The Morgan fingerprint density at radius 2 is 1.71 bits per heavy atom. The molecule has 0 aliphatic carbocycles. The number of H-pyrrole nitrogens is 1. The van der Waals surface area contributed by atoms with Crippen molar-refractivity contribution in [3.8, 4) is 0 Å². The van der Waals surface area contributed by atoms with Crippen LogP contribution in [0.5, 0.6) is 0 Å². The summed E-state index contributed by atoms with van der Waals surface area (Å²) in [5.74, 6) is -0.437. The van der Waals surface area contributed by atoms with Gasteiger partial charge in [0.25, 0.3) is 5.91 Å². The monoisotopic (exact) mass is 332 g/mol. The molecule has 0 bridgehead atoms. The third kappa shape index (κ3) is 3.15. The van der Waals surface area contributed by atoms with Crippen molar-refractivity contribution in [1.29, 1.82) is 0 Å². The second kappa shape index (κ2) is 5.84. The van der Waals surface area contributed by atoms with Crippen LogP contribution in [-0.4, -0.2) is 10.9 Å². The minimum atomic E-state index is -4.67. The van der Waals surface area contributed by atoms with Gasteiger partial charge in [0.05, 0.1) is 5.56 Å². The average Bonchev–Trinajstić information content (AvgIpc) is 2.54. The van der Waals surface area contributed by atoms with Gasteiger partial charge in [-0.2, -0.15) is 13.2 Å². The molecule has 0 saturated carbocycles. The molecule has 0 unspecified atom stereocenters. The summed E-state index contributed by atoms with van der Waals surface area (Å²) in [6.45, 7) is 0. The first kappa shape index (κ1) is 15.8. The van der Waals surface area contributed by atoms with E-state index >= 15 is 0 Å². The number of anilines is 1. The maximum Gasteiger partial charge on any atom is 0.417 e. The quantitative estimate of drug-likeness (QED) is 0.750. The lowest BCUT2D eigenvalue weighted by molar-refractivity contribution is -0.136. The molecule has 1 amide bonds. The van der Waals surface area contributed by atoms with Gasteiger partial charge in [0, 0.05) is 28.2 Å². The van der Waals surface area contributed by atoms with E-state index in [0.29, 0.717) is 11.6 Å². The number of halogens is 3. The molecule has 0 fully saturated rings. The van der Waals surface area contributed by atoms with Gasteiger partial charge >= 0.3 is 6.18 Å². The number of rotatable bonds is 2. The van der Waals surface area contributed by atoms with Crippen molar-refractivity contribution in [2.45, 2.75) is 6.18 Å². The number of benzene rings is 2. The molecule has 7 heteroatoms. The van der Waals surface area contributed by atoms with E-state index in [1.165, 1.54) is 18.2 Å². The molecule has 0 spiro atoms. The normalized spacial score (nSPS) is 11.5. The second-order valence-corrected chi connectivity index (χ2v) is 5.13.